The van der Waals surface area contributed by atoms with Crippen LogP contribution in [0.15, 0.2) is 41.0 Å². The number of carbonyl (C=O) groups is 1. The van der Waals surface area contributed by atoms with E-state index in [0.29, 0.717) is 16.1 Å². The molecule has 8 nitrogen and oxygen atoms in total. The number of para-hydroxylation sites is 1. The fraction of sp³-hybridized carbons (Fsp3) is 0.267. The summed E-state index contributed by atoms with van der Waals surface area (Å²) in [6.45, 7) is 1.91. The van der Waals surface area contributed by atoms with Crippen LogP contribution in [0.2, 0.25) is 0 Å². The van der Waals surface area contributed by atoms with Crippen LogP contribution in [-0.4, -0.2) is 36.6 Å². The van der Waals surface area contributed by atoms with Crippen molar-refractivity contribution in [1.82, 2.24) is 25.0 Å². The largest absolute Gasteiger partial charge is 0.483 e. The summed E-state index contributed by atoms with van der Waals surface area (Å²) in [5, 5.41) is 19.6. The molecule has 0 aliphatic heterocycles. The standard InChI is InChI=1S/C15H16N6O2S2/c1-10(23-11-6-4-3-5-7-11)13-18-20-15(21(13)2)24-8-12(22)17-14-19-16-9-25-14/h3-7,9-10H,8H2,1-2H3,(H,17,19,22). The maximum Gasteiger partial charge on any atom is 0.236 e. The lowest BCUT2D eigenvalue weighted by atomic mass is 10.3. The second kappa shape index (κ2) is 8.08. The molecule has 0 spiro atoms. The third-order valence-electron chi connectivity index (χ3n) is 3.23. The van der Waals surface area contributed by atoms with Crippen molar-refractivity contribution in [2.75, 3.05) is 11.1 Å². The summed E-state index contributed by atoms with van der Waals surface area (Å²) < 4.78 is 7.69. The fourth-order valence-electron chi connectivity index (χ4n) is 2.07. The van der Waals surface area contributed by atoms with E-state index in [1.807, 2.05) is 48.9 Å². The highest BCUT2D eigenvalue weighted by atomic mass is 32.2. The average molecular weight is 376 g/mol. The van der Waals surface area contributed by atoms with Crippen molar-refractivity contribution in [3.8, 4) is 5.75 Å². The summed E-state index contributed by atoms with van der Waals surface area (Å²) in [4.78, 5) is 11.9. The zero-order chi connectivity index (χ0) is 17.6. The Balaban J connectivity index is 1.58. The summed E-state index contributed by atoms with van der Waals surface area (Å²) in [5.41, 5.74) is 1.56. The molecule has 2 heterocycles. The highest BCUT2D eigenvalue weighted by Crippen LogP contribution is 2.23. The number of aromatic nitrogens is 5. The number of nitrogens with zero attached hydrogens (tertiary/aromatic N) is 5. The van der Waals surface area contributed by atoms with E-state index in [9.17, 15) is 4.79 Å². The van der Waals surface area contributed by atoms with Crippen LogP contribution in [0.5, 0.6) is 5.75 Å². The number of nitrogens with one attached hydrogen (secondary N) is 1. The first-order valence-corrected chi connectivity index (χ1v) is 9.30. The number of anilines is 1. The minimum atomic E-state index is -0.260. The van der Waals surface area contributed by atoms with Crippen molar-refractivity contribution < 1.29 is 9.53 Å². The van der Waals surface area contributed by atoms with Crippen molar-refractivity contribution in [2.45, 2.75) is 18.2 Å². The van der Waals surface area contributed by atoms with Gasteiger partial charge in [0.25, 0.3) is 0 Å². The van der Waals surface area contributed by atoms with Gasteiger partial charge in [-0.3, -0.25) is 10.1 Å². The van der Waals surface area contributed by atoms with Gasteiger partial charge in [0.15, 0.2) is 17.1 Å². The molecule has 1 amide bonds. The third-order valence-corrected chi connectivity index (χ3v) is 4.85. The van der Waals surface area contributed by atoms with Crippen LogP contribution in [0.4, 0.5) is 5.13 Å². The van der Waals surface area contributed by atoms with Gasteiger partial charge >= 0.3 is 0 Å². The summed E-state index contributed by atoms with van der Waals surface area (Å²) in [7, 11) is 1.85. The number of rotatable bonds is 7. The Hall–Kier alpha value is -2.46. The molecule has 2 aromatic heterocycles. The molecule has 0 bridgehead atoms. The van der Waals surface area contributed by atoms with Crippen molar-refractivity contribution in [1.29, 1.82) is 0 Å². The van der Waals surface area contributed by atoms with Crippen molar-refractivity contribution in [2.24, 2.45) is 7.05 Å². The average Bonchev–Trinajstić information content (AvgIpc) is 3.23. The molecule has 10 heteroatoms. The minimum absolute atomic E-state index is 0.167. The van der Waals surface area contributed by atoms with Crippen LogP contribution >= 0.6 is 23.1 Å². The summed E-state index contributed by atoms with van der Waals surface area (Å²) >= 11 is 2.57. The van der Waals surface area contributed by atoms with Crippen LogP contribution in [0.1, 0.15) is 18.9 Å². The first kappa shape index (κ1) is 17.4. The molecule has 3 rings (SSSR count). The molecule has 0 aliphatic rings. The third kappa shape index (κ3) is 4.54. The molecule has 1 N–H and O–H groups in total. The molecular weight excluding hydrogens is 360 g/mol. The molecule has 25 heavy (non-hydrogen) atoms. The molecule has 1 atom stereocenters. The van der Waals surface area contributed by atoms with Gasteiger partial charge in [0, 0.05) is 7.05 Å². The van der Waals surface area contributed by atoms with E-state index in [1.54, 1.807) is 5.51 Å². The molecule has 0 saturated heterocycles. The quantitative estimate of drug-likeness (QED) is 0.633. The van der Waals surface area contributed by atoms with E-state index in [-0.39, 0.29) is 17.8 Å². The predicted molar refractivity (Wildman–Crippen MR) is 95.8 cm³/mol. The SMILES string of the molecule is CC(Oc1ccccc1)c1nnc(SCC(=O)Nc2nncs2)n1C. The van der Waals surface area contributed by atoms with Gasteiger partial charge < -0.3 is 9.30 Å². The lowest BCUT2D eigenvalue weighted by Gasteiger charge is -2.14. The number of hydrogen-bond donors (Lipinski definition) is 1. The molecule has 0 saturated carbocycles. The molecule has 0 fully saturated rings. The van der Waals surface area contributed by atoms with Crippen LogP contribution in [0, 0.1) is 0 Å². The summed E-state index contributed by atoms with van der Waals surface area (Å²) in [6.07, 6.45) is -0.260. The predicted octanol–water partition coefficient (Wildman–Crippen LogP) is 2.54. The van der Waals surface area contributed by atoms with E-state index in [2.05, 4.69) is 25.7 Å². The number of amides is 1. The second-order valence-electron chi connectivity index (χ2n) is 5.05. The second-order valence-corrected chi connectivity index (χ2v) is 6.83. The maximum absolute atomic E-state index is 11.9. The lowest BCUT2D eigenvalue weighted by Crippen LogP contribution is -2.14. The summed E-state index contributed by atoms with van der Waals surface area (Å²) in [6, 6.07) is 9.54. The summed E-state index contributed by atoms with van der Waals surface area (Å²) in [5.74, 6) is 1.50. The molecule has 130 valence electrons. The van der Waals surface area contributed by atoms with Gasteiger partial charge in [0.05, 0.1) is 5.75 Å². The maximum atomic E-state index is 11.9. The Morgan fingerprint density at radius 3 is 2.84 bits per heavy atom. The number of hydrogen-bond acceptors (Lipinski definition) is 8. The number of benzene rings is 1. The molecular formula is C15H16N6O2S2. The van der Waals surface area contributed by atoms with Gasteiger partial charge in [0.2, 0.25) is 11.0 Å². The smallest absolute Gasteiger partial charge is 0.236 e. The molecule has 1 unspecified atom stereocenters. The Morgan fingerprint density at radius 2 is 2.12 bits per heavy atom. The Labute approximate surface area is 152 Å². The molecule has 0 aliphatic carbocycles. The monoisotopic (exact) mass is 376 g/mol. The van der Waals surface area contributed by atoms with E-state index in [0.717, 1.165) is 5.75 Å². The van der Waals surface area contributed by atoms with Crippen molar-refractivity contribution >= 4 is 34.1 Å². The Kier molecular flexibility index (Phi) is 5.61. The van der Waals surface area contributed by atoms with E-state index in [1.165, 1.54) is 23.1 Å². The molecule has 3 aromatic rings. The van der Waals surface area contributed by atoms with Gasteiger partial charge in [-0.05, 0) is 19.1 Å². The van der Waals surface area contributed by atoms with Crippen LogP contribution in [0.3, 0.4) is 0 Å². The normalized spacial score (nSPS) is 11.9. The van der Waals surface area contributed by atoms with E-state index in [4.69, 9.17) is 4.74 Å². The Morgan fingerprint density at radius 1 is 1.32 bits per heavy atom. The number of ether oxygens (including phenoxy) is 1. The van der Waals surface area contributed by atoms with Gasteiger partial charge in [-0.1, -0.05) is 41.3 Å². The Bertz CT molecular complexity index is 822. The van der Waals surface area contributed by atoms with Gasteiger partial charge in [0.1, 0.15) is 11.3 Å². The lowest BCUT2D eigenvalue weighted by molar-refractivity contribution is -0.113. The fourth-order valence-corrected chi connectivity index (χ4v) is 3.25. The first-order chi connectivity index (χ1) is 12.1. The highest BCUT2D eigenvalue weighted by molar-refractivity contribution is 7.99. The van der Waals surface area contributed by atoms with Crippen molar-refractivity contribution in [3.05, 3.63) is 41.7 Å². The zero-order valence-corrected chi connectivity index (χ0v) is 15.3. The highest BCUT2D eigenvalue weighted by Gasteiger charge is 2.18. The van der Waals surface area contributed by atoms with Gasteiger partial charge in [-0.15, -0.1) is 20.4 Å². The topological polar surface area (TPSA) is 94.8 Å². The van der Waals surface area contributed by atoms with Crippen LogP contribution in [-0.2, 0) is 11.8 Å². The van der Waals surface area contributed by atoms with E-state index >= 15 is 0 Å². The van der Waals surface area contributed by atoms with Crippen LogP contribution in [0.25, 0.3) is 0 Å². The van der Waals surface area contributed by atoms with Crippen LogP contribution < -0.4 is 10.1 Å². The number of carbonyl (C=O) groups excluding carboxylic acids is 1. The minimum Gasteiger partial charge on any atom is -0.483 e. The van der Waals surface area contributed by atoms with Gasteiger partial charge in [-0.25, -0.2) is 0 Å². The van der Waals surface area contributed by atoms with Gasteiger partial charge in [-0.2, -0.15) is 0 Å². The van der Waals surface area contributed by atoms with E-state index < -0.39 is 0 Å². The zero-order valence-electron chi connectivity index (χ0n) is 13.6. The molecule has 1 aromatic carbocycles. The van der Waals surface area contributed by atoms with Crippen molar-refractivity contribution in [3.63, 3.8) is 0 Å². The molecule has 0 radical (unpaired) electrons. The first-order valence-electron chi connectivity index (χ1n) is 7.43. The number of thioether (sulfide) groups is 1.